The third-order valence-corrected chi connectivity index (χ3v) is 5.64. The minimum absolute atomic E-state index is 0.0417. The van der Waals surface area contributed by atoms with Gasteiger partial charge >= 0.3 is 12.1 Å². The maximum atomic E-state index is 12.9. The van der Waals surface area contributed by atoms with E-state index in [0.29, 0.717) is 6.54 Å². The first-order chi connectivity index (χ1) is 18.1. The fourth-order valence-electron chi connectivity index (χ4n) is 3.66. The first-order valence-corrected chi connectivity index (χ1v) is 12.7. The van der Waals surface area contributed by atoms with Crippen LogP contribution in [0, 0.1) is 6.92 Å². The van der Waals surface area contributed by atoms with E-state index >= 15 is 0 Å². The van der Waals surface area contributed by atoms with E-state index in [-0.39, 0.29) is 25.4 Å². The van der Waals surface area contributed by atoms with Gasteiger partial charge in [-0.1, -0.05) is 84.4 Å². The summed E-state index contributed by atoms with van der Waals surface area (Å²) in [4.78, 5) is 37.6. The van der Waals surface area contributed by atoms with Gasteiger partial charge in [-0.3, -0.25) is 4.79 Å². The monoisotopic (exact) mass is 516 g/mol. The summed E-state index contributed by atoms with van der Waals surface area (Å²) in [6, 6.07) is 23.9. The lowest BCUT2D eigenvalue weighted by Crippen LogP contribution is -2.45. The smallest absolute Gasteiger partial charge is 0.408 e. The number of benzene rings is 3. The van der Waals surface area contributed by atoms with Gasteiger partial charge in [-0.2, -0.15) is 0 Å². The van der Waals surface area contributed by atoms with Crippen LogP contribution in [0.4, 0.5) is 4.79 Å². The predicted octanol–water partition coefficient (Wildman–Crippen LogP) is 5.03. The number of ether oxygens (including phenoxy) is 2. The molecule has 0 aliphatic carbocycles. The lowest BCUT2D eigenvalue weighted by molar-refractivity contribution is -0.147. The molecular formula is C31H36N2O5. The number of rotatable bonds is 10. The van der Waals surface area contributed by atoms with E-state index in [9.17, 15) is 14.4 Å². The Kier molecular flexibility index (Phi) is 10.0. The van der Waals surface area contributed by atoms with E-state index in [0.717, 1.165) is 22.3 Å². The Balaban J connectivity index is 1.52. The molecule has 200 valence electrons. The Hall–Kier alpha value is -4.13. The molecule has 3 aromatic carbocycles. The van der Waals surface area contributed by atoms with Crippen molar-refractivity contribution in [3.05, 3.63) is 107 Å². The van der Waals surface area contributed by atoms with Gasteiger partial charge in [0.1, 0.15) is 18.2 Å². The van der Waals surface area contributed by atoms with Crippen molar-refractivity contribution in [3.63, 3.8) is 0 Å². The van der Waals surface area contributed by atoms with E-state index in [1.54, 1.807) is 20.8 Å². The summed E-state index contributed by atoms with van der Waals surface area (Å²) >= 11 is 0. The zero-order chi connectivity index (χ0) is 27.5. The summed E-state index contributed by atoms with van der Waals surface area (Å²) in [5, 5.41) is 5.57. The van der Waals surface area contributed by atoms with Crippen LogP contribution < -0.4 is 10.6 Å². The summed E-state index contributed by atoms with van der Waals surface area (Å²) < 4.78 is 10.8. The molecule has 0 fully saturated rings. The van der Waals surface area contributed by atoms with Crippen LogP contribution in [0.2, 0.25) is 0 Å². The fourth-order valence-corrected chi connectivity index (χ4v) is 3.66. The Morgan fingerprint density at radius 3 is 2.03 bits per heavy atom. The second-order valence-electron chi connectivity index (χ2n) is 10.3. The maximum Gasteiger partial charge on any atom is 0.408 e. The second-order valence-corrected chi connectivity index (χ2v) is 10.3. The minimum atomic E-state index is -0.899. The highest BCUT2D eigenvalue weighted by molar-refractivity contribution is 5.82. The second kappa shape index (κ2) is 13.4. The van der Waals surface area contributed by atoms with E-state index in [1.165, 1.54) is 5.56 Å². The SMILES string of the molecule is Cc1ccc(CNC(=O)Cc2ccc(COC(=O)[C@H](Cc3ccccc3)NC(=O)OC(C)(C)C)cc2)cc1. The lowest BCUT2D eigenvalue weighted by atomic mass is 10.1. The molecule has 0 bridgehead atoms. The molecule has 3 aromatic rings. The van der Waals surface area contributed by atoms with Crippen LogP contribution in [0.15, 0.2) is 78.9 Å². The molecule has 0 aliphatic rings. The van der Waals surface area contributed by atoms with Crippen LogP contribution in [-0.2, 0) is 45.1 Å². The number of alkyl carbamates (subject to hydrolysis) is 1. The standard InChI is InChI=1S/C31H36N2O5/c1-22-10-12-25(13-11-22)20-32-28(34)19-24-14-16-26(17-15-24)21-37-29(35)27(18-23-8-6-5-7-9-23)33-30(36)38-31(2,3)4/h5-17,27H,18-21H2,1-4H3,(H,32,34)(H,33,36)/t27-/m0/s1. The summed E-state index contributed by atoms with van der Waals surface area (Å²) in [6.45, 7) is 7.82. The van der Waals surface area contributed by atoms with E-state index in [1.807, 2.05) is 85.8 Å². The first-order valence-electron chi connectivity index (χ1n) is 12.7. The molecule has 2 amide bonds. The topological polar surface area (TPSA) is 93.7 Å². The molecule has 0 aromatic heterocycles. The highest BCUT2D eigenvalue weighted by Gasteiger charge is 2.26. The van der Waals surface area contributed by atoms with Crippen molar-refractivity contribution in [2.75, 3.05) is 0 Å². The number of carbonyl (C=O) groups is 3. The normalized spacial score (nSPS) is 11.8. The number of amides is 2. The summed E-state index contributed by atoms with van der Waals surface area (Å²) in [6.07, 6.45) is -0.152. The van der Waals surface area contributed by atoms with Crippen LogP contribution in [0.5, 0.6) is 0 Å². The van der Waals surface area contributed by atoms with Crippen molar-refractivity contribution in [3.8, 4) is 0 Å². The summed E-state index contributed by atoms with van der Waals surface area (Å²) in [5.74, 6) is -0.624. The average Bonchev–Trinajstić information content (AvgIpc) is 2.87. The molecule has 2 N–H and O–H groups in total. The number of hydrogen-bond acceptors (Lipinski definition) is 5. The van der Waals surface area contributed by atoms with Crippen LogP contribution in [0.1, 0.15) is 48.6 Å². The molecule has 0 radical (unpaired) electrons. The van der Waals surface area contributed by atoms with Crippen molar-refractivity contribution in [1.29, 1.82) is 0 Å². The molecule has 0 saturated heterocycles. The maximum absolute atomic E-state index is 12.9. The zero-order valence-corrected chi connectivity index (χ0v) is 22.5. The van der Waals surface area contributed by atoms with Gasteiger partial charge in [0.05, 0.1) is 6.42 Å². The van der Waals surface area contributed by atoms with E-state index in [2.05, 4.69) is 10.6 Å². The van der Waals surface area contributed by atoms with Gasteiger partial charge in [0.25, 0.3) is 0 Å². The van der Waals surface area contributed by atoms with Gasteiger partial charge in [0.15, 0.2) is 0 Å². The molecule has 0 spiro atoms. The highest BCUT2D eigenvalue weighted by Crippen LogP contribution is 2.12. The van der Waals surface area contributed by atoms with Crippen LogP contribution in [0.25, 0.3) is 0 Å². The van der Waals surface area contributed by atoms with Crippen molar-refractivity contribution >= 4 is 18.0 Å². The number of aryl methyl sites for hydroxylation is 1. The van der Waals surface area contributed by atoms with Gasteiger partial charge in [-0.15, -0.1) is 0 Å². The predicted molar refractivity (Wildman–Crippen MR) is 146 cm³/mol. The number of esters is 1. The summed E-state index contributed by atoms with van der Waals surface area (Å²) in [7, 11) is 0. The van der Waals surface area contributed by atoms with Gasteiger partial charge in [0.2, 0.25) is 5.91 Å². The third kappa shape index (κ3) is 10.1. The van der Waals surface area contributed by atoms with Crippen LogP contribution >= 0.6 is 0 Å². The van der Waals surface area contributed by atoms with Crippen LogP contribution in [0.3, 0.4) is 0 Å². The van der Waals surface area contributed by atoms with Gasteiger partial charge in [0, 0.05) is 13.0 Å². The van der Waals surface area contributed by atoms with Gasteiger partial charge < -0.3 is 20.1 Å². The van der Waals surface area contributed by atoms with Crippen LogP contribution in [-0.4, -0.2) is 29.6 Å². The Bertz CT molecular complexity index is 1200. The van der Waals surface area contributed by atoms with Crippen molar-refractivity contribution in [1.82, 2.24) is 10.6 Å². The Morgan fingerprint density at radius 2 is 1.39 bits per heavy atom. The molecule has 38 heavy (non-hydrogen) atoms. The third-order valence-electron chi connectivity index (χ3n) is 5.64. The van der Waals surface area contributed by atoms with Crippen molar-refractivity contribution in [2.45, 2.75) is 65.3 Å². The number of carbonyl (C=O) groups excluding carboxylic acids is 3. The average molecular weight is 517 g/mol. The Labute approximate surface area is 224 Å². The molecule has 0 aliphatic heterocycles. The Morgan fingerprint density at radius 1 is 0.789 bits per heavy atom. The highest BCUT2D eigenvalue weighted by atomic mass is 16.6. The van der Waals surface area contributed by atoms with Gasteiger partial charge in [-0.25, -0.2) is 9.59 Å². The molecule has 1 atom stereocenters. The number of nitrogens with one attached hydrogen (secondary N) is 2. The largest absolute Gasteiger partial charge is 0.459 e. The molecule has 0 saturated carbocycles. The molecule has 7 heteroatoms. The van der Waals surface area contributed by atoms with Crippen molar-refractivity contribution < 1.29 is 23.9 Å². The summed E-state index contributed by atoms with van der Waals surface area (Å²) in [5.41, 5.74) is 4.05. The molecular weight excluding hydrogens is 480 g/mol. The molecule has 7 nitrogen and oxygen atoms in total. The van der Waals surface area contributed by atoms with Crippen molar-refractivity contribution in [2.24, 2.45) is 0 Å². The number of hydrogen-bond donors (Lipinski definition) is 2. The zero-order valence-electron chi connectivity index (χ0n) is 22.5. The molecule has 0 heterocycles. The quantitative estimate of drug-likeness (QED) is 0.369. The minimum Gasteiger partial charge on any atom is -0.459 e. The molecule has 3 rings (SSSR count). The van der Waals surface area contributed by atoms with Gasteiger partial charge in [-0.05, 0) is 49.9 Å². The van der Waals surface area contributed by atoms with E-state index in [4.69, 9.17) is 9.47 Å². The van der Waals surface area contributed by atoms with E-state index < -0.39 is 23.7 Å². The first kappa shape index (κ1) is 28.4. The molecule has 0 unspecified atom stereocenters. The lowest BCUT2D eigenvalue weighted by Gasteiger charge is -2.23. The fraction of sp³-hybridized carbons (Fsp3) is 0.323.